The van der Waals surface area contributed by atoms with Crippen molar-refractivity contribution in [2.75, 3.05) is 6.61 Å². The molecule has 0 radical (unpaired) electrons. The third-order valence-electron chi connectivity index (χ3n) is 3.88. The Morgan fingerprint density at radius 2 is 1.81 bits per heavy atom. The van der Waals surface area contributed by atoms with Gasteiger partial charge in [0.25, 0.3) is 5.95 Å². The molecule has 0 saturated heterocycles. The molecular weight excluding hydrogens is 360 g/mol. The maximum absolute atomic E-state index is 13.8. The number of rotatable bonds is 7. The van der Waals surface area contributed by atoms with Gasteiger partial charge in [0, 0.05) is 6.07 Å². The first-order valence-electron chi connectivity index (χ1n) is 8.56. The molecule has 6 heteroatoms. The Bertz CT molecular complexity index is 825. The molecule has 2 nitrogen and oxygen atoms in total. The predicted octanol–water partition coefficient (Wildman–Crippen LogP) is 7.18. The normalized spacial score (nSPS) is 12.2. The van der Waals surface area contributed by atoms with Crippen molar-refractivity contribution >= 4 is 0 Å². The summed E-state index contributed by atoms with van der Waals surface area (Å²) in [5.41, 5.74) is 1.11. The highest BCUT2D eigenvalue weighted by Gasteiger charge is 2.38. The topological polar surface area (TPSA) is 22.4 Å². The molecule has 0 amide bonds. The Morgan fingerprint density at radius 1 is 1.11 bits per heavy atom. The second kappa shape index (κ2) is 8.93. The third-order valence-corrected chi connectivity index (χ3v) is 3.88. The number of ether oxygens (including phenoxy) is 1. The van der Waals surface area contributed by atoms with Crippen LogP contribution < -0.4 is 4.74 Å². The lowest BCUT2D eigenvalue weighted by atomic mass is 10.1. The zero-order chi connectivity index (χ0) is 20.0. The van der Waals surface area contributed by atoms with Gasteiger partial charge in [0.1, 0.15) is 23.7 Å². The number of alkyl halides is 3. The van der Waals surface area contributed by atoms with E-state index in [0.29, 0.717) is 0 Å². The molecule has 0 aliphatic carbocycles. The molecular formula is C21H22F4O2. The van der Waals surface area contributed by atoms with Crippen LogP contribution in [0, 0.1) is 5.82 Å². The van der Waals surface area contributed by atoms with Crippen molar-refractivity contribution in [3.8, 4) is 17.3 Å². The van der Waals surface area contributed by atoms with Crippen LogP contribution in [0.3, 0.4) is 0 Å². The van der Waals surface area contributed by atoms with Crippen LogP contribution in [-0.2, 0) is 6.18 Å². The monoisotopic (exact) mass is 382 g/mol. The largest absolute Gasteiger partial charge is 0.460 e. The van der Waals surface area contributed by atoms with E-state index < -0.39 is 23.5 Å². The Kier molecular flexibility index (Phi) is 6.88. The van der Waals surface area contributed by atoms with E-state index in [-0.39, 0.29) is 17.9 Å². The Labute approximate surface area is 156 Å². The highest BCUT2D eigenvalue weighted by molar-refractivity contribution is 5.60. The van der Waals surface area contributed by atoms with E-state index in [0.717, 1.165) is 30.5 Å². The number of halogens is 4. The standard InChI is InChI=1S/C21H22F4O2/c1-14(2)7-6-8-15(3)11-12-26-20-17(21(23,24)25)13-19(27-20)16-9-4-5-10-18(16)22/h4-5,7,9-11,13H,6,8,12H2,1-3H3/b15-11+. The maximum atomic E-state index is 13.8. The average Bonchev–Trinajstić information content (AvgIpc) is 2.99. The summed E-state index contributed by atoms with van der Waals surface area (Å²) in [6.07, 6.45) is 0.790. The minimum atomic E-state index is -4.66. The molecule has 0 aliphatic rings. The lowest BCUT2D eigenvalue weighted by Crippen LogP contribution is -2.06. The van der Waals surface area contributed by atoms with Crippen LogP contribution in [0.4, 0.5) is 17.6 Å². The van der Waals surface area contributed by atoms with Gasteiger partial charge in [-0.2, -0.15) is 13.2 Å². The number of hydrogen-bond acceptors (Lipinski definition) is 2. The van der Waals surface area contributed by atoms with E-state index in [1.165, 1.54) is 23.8 Å². The van der Waals surface area contributed by atoms with E-state index in [1.807, 2.05) is 20.8 Å². The molecule has 0 saturated carbocycles. The van der Waals surface area contributed by atoms with Gasteiger partial charge in [-0.15, -0.1) is 0 Å². The second-order valence-corrected chi connectivity index (χ2v) is 6.47. The average molecular weight is 382 g/mol. The smallest absolute Gasteiger partial charge is 0.423 e. The summed E-state index contributed by atoms with van der Waals surface area (Å²) < 4.78 is 64.0. The molecule has 2 aromatic rings. The molecule has 0 fully saturated rings. The Balaban J connectivity index is 2.16. The molecule has 0 aliphatic heterocycles. The van der Waals surface area contributed by atoms with E-state index in [1.54, 1.807) is 6.08 Å². The number of furan rings is 1. The van der Waals surface area contributed by atoms with Crippen LogP contribution in [0.2, 0.25) is 0 Å². The van der Waals surface area contributed by atoms with E-state index in [4.69, 9.17) is 9.15 Å². The van der Waals surface area contributed by atoms with Gasteiger partial charge < -0.3 is 9.15 Å². The summed E-state index contributed by atoms with van der Waals surface area (Å²) in [5.74, 6) is -1.55. The molecule has 0 atom stereocenters. The van der Waals surface area contributed by atoms with Gasteiger partial charge in [-0.05, 0) is 51.8 Å². The van der Waals surface area contributed by atoms with Gasteiger partial charge in [0.2, 0.25) is 0 Å². The zero-order valence-electron chi connectivity index (χ0n) is 15.5. The van der Waals surface area contributed by atoms with Gasteiger partial charge in [-0.25, -0.2) is 4.39 Å². The molecule has 27 heavy (non-hydrogen) atoms. The summed E-state index contributed by atoms with van der Waals surface area (Å²) >= 11 is 0. The number of benzene rings is 1. The molecule has 0 unspecified atom stereocenters. The minimum absolute atomic E-state index is 0.0497. The molecule has 1 aromatic carbocycles. The van der Waals surface area contributed by atoms with Crippen LogP contribution in [0.15, 0.2) is 58.0 Å². The van der Waals surface area contributed by atoms with Gasteiger partial charge in [0.05, 0.1) is 5.56 Å². The van der Waals surface area contributed by atoms with Crippen molar-refractivity contribution < 1.29 is 26.7 Å². The van der Waals surface area contributed by atoms with Crippen LogP contribution in [0.25, 0.3) is 11.3 Å². The first kappa shape index (κ1) is 20.8. The highest BCUT2D eigenvalue weighted by Crippen LogP contribution is 2.41. The summed E-state index contributed by atoms with van der Waals surface area (Å²) in [7, 11) is 0. The fourth-order valence-corrected chi connectivity index (χ4v) is 2.42. The SMILES string of the molecule is CC(C)=CCC/C(C)=C/COc1oc(-c2ccccc2F)cc1C(F)(F)F. The fraction of sp³-hybridized carbons (Fsp3) is 0.333. The minimum Gasteiger partial charge on any atom is -0.460 e. The molecule has 0 bridgehead atoms. The van der Waals surface area contributed by atoms with E-state index in [2.05, 4.69) is 6.08 Å². The van der Waals surface area contributed by atoms with Gasteiger partial charge >= 0.3 is 6.18 Å². The van der Waals surface area contributed by atoms with Crippen LogP contribution in [-0.4, -0.2) is 6.61 Å². The van der Waals surface area contributed by atoms with Crippen molar-refractivity contribution in [3.05, 3.63) is 65.0 Å². The summed E-state index contributed by atoms with van der Waals surface area (Å²) in [6, 6.07) is 6.24. The Hall–Kier alpha value is -2.50. The summed E-state index contributed by atoms with van der Waals surface area (Å²) in [6.45, 7) is 5.84. The van der Waals surface area contributed by atoms with Crippen molar-refractivity contribution in [2.24, 2.45) is 0 Å². The molecule has 1 aromatic heterocycles. The molecule has 0 spiro atoms. The molecule has 0 N–H and O–H groups in total. The van der Waals surface area contributed by atoms with Crippen molar-refractivity contribution in [3.63, 3.8) is 0 Å². The van der Waals surface area contributed by atoms with Crippen molar-refractivity contribution in [1.82, 2.24) is 0 Å². The summed E-state index contributed by atoms with van der Waals surface area (Å²) in [5, 5.41) is 0. The van der Waals surface area contributed by atoms with Crippen molar-refractivity contribution in [1.29, 1.82) is 0 Å². The van der Waals surface area contributed by atoms with Crippen LogP contribution >= 0.6 is 0 Å². The highest BCUT2D eigenvalue weighted by atomic mass is 19.4. The lowest BCUT2D eigenvalue weighted by Gasteiger charge is -2.07. The van der Waals surface area contributed by atoms with Gasteiger partial charge in [-0.3, -0.25) is 0 Å². The first-order valence-corrected chi connectivity index (χ1v) is 8.56. The number of allylic oxidation sites excluding steroid dienone is 3. The Morgan fingerprint density at radius 3 is 2.44 bits per heavy atom. The van der Waals surface area contributed by atoms with Crippen molar-refractivity contribution in [2.45, 2.75) is 39.8 Å². The third kappa shape index (κ3) is 6.01. The molecule has 1 heterocycles. The number of hydrogen-bond donors (Lipinski definition) is 0. The predicted molar refractivity (Wildman–Crippen MR) is 97.0 cm³/mol. The summed E-state index contributed by atoms with van der Waals surface area (Å²) in [4.78, 5) is 0. The maximum Gasteiger partial charge on any atom is 0.423 e. The molecule has 146 valence electrons. The van der Waals surface area contributed by atoms with Crippen LogP contribution in [0.1, 0.15) is 39.2 Å². The van der Waals surface area contributed by atoms with E-state index >= 15 is 0 Å². The molecule has 2 rings (SSSR count). The second-order valence-electron chi connectivity index (χ2n) is 6.47. The quantitative estimate of drug-likeness (QED) is 0.374. The van der Waals surface area contributed by atoms with Crippen LogP contribution in [0.5, 0.6) is 5.95 Å². The van der Waals surface area contributed by atoms with Gasteiger partial charge in [-0.1, -0.05) is 29.4 Å². The van der Waals surface area contributed by atoms with E-state index in [9.17, 15) is 17.6 Å². The zero-order valence-corrected chi connectivity index (χ0v) is 15.5. The lowest BCUT2D eigenvalue weighted by molar-refractivity contribution is -0.139. The fourth-order valence-electron chi connectivity index (χ4n) is 2.42. The first-order chi connectivity index (χ1) is 12.7. The van der Waals surface area contributed by atoms with Gasteiger partial charge in [0.15, 0.2) is 0 Å².